The highest BCUT2D eigenvalue weighted by molar-refractivity contribution is 5.97. The molecule has 0 aliphatic carbocycles. The van der Waals surface area contributed by atoms with E-state index in [9.17, 15) is 9.59 Å². The van der Waals surface area contributed by atoms with Crippen LogP contribution < -0.4 is 0 Å². The van der Waals surface area contributed by atoms with Gasteiger partial charge in [-0.1, -0.05) is 31.2 Å². The van der Waals surface area contributed by atoms with Crippen LogP contribution in [0.3, 0.4) is 0 Å². The van der Waals surface area contributed by atoms with E-state index in [2.05, 4.69) is 6.92 Å². The topological polar surface area (TPSA) is 61.2 Å². The zero-order chi connectivity index (χ0) is 15.0. The van der Waals surface area contributed by atoms with Crippen LogP contribution in [0.5, 0.6) is 0 Å². The normalized spacial score (nSPS) is 9.85. The van der Waals surface area contributed by atoms with Crippen molar-refractivity contribution in [3.8, 4) is 6.07 Å². The molecule has 1 aromatic carbocycles. The molecule has 0 saturated heterocycles. The molecule has 0 aliphatic rings. The van der Waals surface area contributed by atoms with E-state index in [4.69, 9.17) is 5.26 Å². The lowest BCUT2D eigenvalue weighted by Crippen LogP contribution is -2.27. The molecule has 0 saturated carbocycles. The lowest BCUT2D eigenvalue weighted by Gasteiger charge is -2.14. The highest BCUT2D eigenvalue weighted by Gasteiger charge is 2.12. The molecular weight excluding hydrogens is 252 g/mol. The lowest BCUT2D eigenvalue weighted by molar-refractivity contribution is -0.129. The fourth-order valence-corrected chi connectivity index (χ4v) is 1.82. The van der Waals surface area contributed by atoms with Crippen LogP contribution >= 0.6 is 0 Å². The number of amides is 1. The van der Waals surface area contributed by atoms with E-state index in [1.807, 2.05) is 30.3 Å². The smallest absolute Gasteiger partial charge is 0.222 e. The van der Waals surface area contributed by atoms with E-state index in [1.54, 1.807) is 7.05 Å². The molecule has 0 N–H and O–H groups in total. The number of nitrogens with zero attached hydrogens (tertiary/aromatic N) is 2. The molecule has 1 rings (SSSR count). The number of Topliss-reactive ketones (excluding diaryl/α,β-unsaturated/α-hetero) is 1. The SMILES string of the molecule is CCc1ccc(C(=O)CCC(=O)N(C)CCC#N)cc1. The third-order valence-electron chi connectivity index (χ3n) is 3.23. The summed E-state index contributed by atoms with van der Waals surface area (Å²) in [6, 6.07) is 9.49. The van der Waals surface area contributed by atoms with Gasteiger partial charge in [0, 0.05) is 32.0 Å². The van der Waals surface area contributed by atoms with E-state index in [0.717, 1.165) is 6.42 Å². The van der Waals surface area contributed by atoms with Crippen LogP contribution in [0.25, 0.3) is 0 Å². The molecule has 20 heavy (non-hydrogen) atoms. The van der Waals surface area contributed by atoms with E-state index in [1.165, 1.54) is 10.5 Å². The maximum absolute atomic E-state index is 12.0. The van der Waals surface area contributed by atoms with Crippen LogP contribution in [0, 0.1) is 11.3 Å². The number of ketones is 1. The number of benzene rings is 1. The van der Waals surface area contributed by atoms with Crippen LogP contribution in [0.4, 0.5) is 0 Å². The standard InChI is InChI=1S/C16H20N2O2/c1-3-13-5-7-14(8-6-13)15(19)9-10-16(20)18(2)12-4-11-17/h5-8H,3-4,9-10,12H2,1-2H3. The van der Waals surface area contributed by atoms with Crippen molar-refractivity contribution in [1.29, 1.82) is 5.26 Å². The van der Waals surface area contributed by atoms with E-state index < -0.39 is 0 Å². The van der Waals surface area contributed by atoms with Crippen LogP contribution in [0.2, 0.25) is 0 Å². The quantitative estimate of drug-likeness (QED) is 0.717. The molecule has 4 nitrogen and oxygen atoms in total. The van der Waals surface area contributed by atoms with E-state index in [-0.39, 0.29) is 24.5 Å². The Morgan fingerprint density at radius 1 is 1.20 bits per heavy atom. The number of carbonyl (C=O) groups is 2. The molecule has 106 valence electrons. The zero-order valence-corrected chi connectivity index (χ0v) is 12.1. The first kappa shape index (κ1) is 15.9. The van der Waals surface area contributed by atoms with Gasteiger partial charge in [0.2, 0.25) is 5.91 Å². The molecule has 1 amide bonds. The molecule has 0 unspecified atom stereocenters. The number of hydrogen-bond acceptors (Lipinski definition) is 3. The molecule has 0 heterocycles. The first-order valence-corrected chi connectivity index (χ1v) is 6.81. The Labute approximate surface area is 120 Å². The molecular formula is C16H20N2O2. The first-order chi connectivity index (χ1) is 9.58. The summed E-state index contributed by atoms with van der Waals surface area (Å²) in [7, 11) is 1.65. The van der Waals surface area contributed by atoms with E-state index >= 15 is 0 Å². The third-order valence-corrected chi connectivity index (χ3v) is 3.23. The Balaban J connectivity index is 2.46. The van der Waals surface area contributed by atoms with Crippen molar-refractivity contribution < 1.29 is 9.59 Å². The van der Waals surface area contributed by atoms with Gasteiger partial charge in [-0.3, -0.25) is 9.59 Å². The minimum absolute atomic E-state index is 0.0188. The highest BCUT2D eigenvalue weighted by Crippen LogP contribution is 2.09. The minimum atomic E-state index is -0.0984. The first-order valence-electron chi connectivity index (χ1n) is 6.81. The number of rotatable bonds is 7. The predicted molar refractivity (Wildman–Crippen MR) is 77.3 cm³/mol. The average molecular weight is 272 g/mol. The summed E-state index contributed by atoms with van der Waals surface area (Å²) in [5, 5.41) is 8.46. The van der Waals surface area contributed by atoms with Crippen LogP contribution in [0.1, 0.15) is 42.1 Å². The maximum atomic E-state index is 12.0. The largest absolute Gasteiger partial charge is 0.345 e. The van der Waals surface area contributed by atoms with Crippen LogP contribution in [-0.4, -0.2) is 30.2 Å². The fraction of sp³-hybridized carbons (Fsp3) is 0.438. The average Bonchev–Trinajstić information content (AvgIpc) is 2.49. The summed E-state index contributed by atoms with van der Waals surface area (Å²) in [6.45, 7) is 2.47. The Morgan fingerprint density at radius 3 is 2.40 bits per heavy atom. The highest BCUT2D eigenvalue weighted by atomic mass is 16.2. The number of carbonyl (C=O) groups excluding carboxylic acids is 2. The molecule has 0 radical (unpaired) electrons. The second-order valence-corrected chi connectivity index (χ2v) is 4.70. The van der Waals surface area contributed by atoms with Gasteiger partial charge in [-0.25, -0.2) is 0 Å². The van der Waals surface area contributed by atoms with Gasteiger partial charge in [0.05, 0.1) is 12.5 Å². The van der Waals surface area contributed by atoms with Gasteiger partial charge in [-0.2, -0.15) is 5.26 Å². The number of aryl methyl sites for hydroxylation is 1. The minimum Gasteiger partial charge on any atom is -0.345 e. The van der Waals surface area contributed by atoms with E-state index in [0.29, 0.717) is 18.5 Å². The van der Waals surface area contributed by atoms with Gasteiger partial charge < -0.3 is 4.90 Å². The van der Waals surface area contributed by atoms with Crippen LogP contribution in [-0.2, 0) is 11.2 Å². The molecule has 1 aromatic rings. The molecule has 0 aliphatic heterocycles. The summed E-state index contributed by atoms with van der Waals surface area (Å²) in [4.78, 5) is 25.2. The maximum Gasteiger partial charge on any atom is 0.222 e. The van der Waals surface area contributed by atoms with Crippen molar-refractivity contribution in [2.75, 3.05) is 13.6 Å². The number of nitriles is 1. The lowest BCUT2D eigenvalue weighted by atomic mass is 10.0. The number of hydrogen-bond donors (Lipinski definition) is 0. The second-order valence-electron chi connectivity index (χ2n) is 4.70. The summed E-state index contributed by atoms with van der Waals surface area (Å²) in [5.41, 5.74) is 1.84. The van der Waals surface area contributed by atoms with Crippen molar-refractivity contribution >= 4 is 11.7 Å². The molecule has 0 spiro atoms. The Bertz CT molecular complexity index is 500. The van der Waals surface area contributed by atoms with Gasteiger partial charge in [0.1, 0.15) is 0 Å². The summed E-state index contributed by atoms with van der Waals surface area (Å²) < 4.78 is 0. The molecule has 4 heteroatoms. The Hall–Kier alpha value is -2.15. The predicted octanol–water partition coefficient (Wildman–Crippen LogP) is 2.58. The molecule has 0 aromatic heterocycles. The Kier molecular flexibility index (Phi) is 6.45. The van der Waals surface area contributed by atoms with Gasteiger partial charge in [-0.15, -0.1) is 0 Å². The van der Waals surface area contributed by atoms with Crippen LogP contribution in [0.15, 0.2) is 24.3 Å². The Morgan fingerprint density at radius 2 is 1.85 bits per heavy atom. The zero-order valence-electron chi connectivity index (χ0n) is 12.1. The summed E-state index contributed by atoms with van der Waals surface area (Å²) in [5.74, 6) is -0.117. The summed E-state index contributed by atoms with van der Waals surface area (Å²) >= 11 is 0. The molecule has 0 atom stereocenters. The van der Waals surface area contributed by atoms with Crippen molar-refractivity contribution in [3.05, 3.63) is 35.4 Å². The third kappa shape index (κ3) is 4.85. The van der Waals surface area contributed by atoms with Crippen molar-refractivity contribution in [1.82, 2.24) is 4.90 Å². The molecule has 0 fully saturated rings. The molecule has 0 bridgehead atoms. The van der Waals surface area contributed by atoms with Gasteiger partial charge >= 0.3 is 0 Å². The van der Waals surface area contributed by atoms with Crippen molar-refractivity contribution in [3.63, 3.8) is 0 Å². The van der Waals surface area contributed by atoms with Gasteiger partial charge in [0.15, 0.2) is 5.78 Å². The van der Waals surface area contributed by atoms with Crippen molar-refractivity contribution in [2.45, 2.75) is 32.6 Å². The van der Waals surface area contributed by atoms with Gasteiger partial charge in [0.25, 0.3) is 0 Å². The van der Waals surface area contributed by atoms with Gasteiger partial charge in [-0.05, 0) is 12.0 Å². The fourth-order valence-electron chi connectivity index (χ4n) is 1.82. The monoisotopic (exact) mass is 272 g/mol. The second kappa shape index (κ2) is 8.11. The van der Waals surface area contributed by atoms with Crippen molar-refractivity contribution in [2.24, 2.45) is 0 Å². The summed E-state index contributed by atoms with van der Waals surface area (Å²) in [6.07, 6.45) is 1.66.